The molecule has 22 heavy (non-hydrogen) atoms. The first-order chi connectivity index (χ1) is 10.2. The Kier molecular flexibility index (Phi) is 5.87. The minimum atomic E-state index is -0.620. The zero-order valence-corrected chi connectivity index (χ0v) is 13.7. The summed E-state index contributed by atoms with van der Waals surface area (Å²) in [6, 6.07) is 3.36. The minimum Gasteiger partial charge on any atom is -0.444 e. The van der Waals surface area contributed by atoms with Crippen LogP contribution in [-0.2, 0) is 16.1 Å². The van der Waals surface area contributed by atoms with Crippen molar-refractivity contribution in [1.29, 1.82) is 0 Å². The van der Waals surface area contributed by atoms with Crippen LogP contribution in [0.15, 0.2) is 18.3 Å². The lowest BCUT2D eigenvalue weighted by Gasteiger charge is -2.26. The van der Waals surface area contributed by atoms with E-state index in [0.29, 0.717) is 11.4 Å². The van der Waals surface area contributed by atoms with Crippen molar-refractivity contribution in [2.75, 3.05) is 25.5 Å². The van der Waals surface area contributed by atoms with Crippen molar-refractivity contribution < 1.29 is 19.4 Å². The SMILES string of the molecule is CN(CC(=O)N(C)c1ncccc1CO)C(=O)OC(C)(C)C. The number of pyridine rings is 1. The number of hydrogen-bond acceptors (Lipinski definition) is 5. The van der Waals surface area contributed by atoms with Gasteiger partial charge in [0.1, 0.15) is 18.0 Å². The van der Waals surface area contributed by atoms with Crippen LogP contribution in [0.2, 0.25) is 0 Å². The van der Waals surface area contributed by atoms with Gasteiger partial charge in [-0.3, -0.25) is 9.69 Å². The monoisotopic (exact) mass is 309 g/mol. The van der Waals surface area contributed by atoms with Crippen LogP contribution >= 0.6 is 0 Å². The van der Waals surface area contributed by atoms with E-state index in [4.69, 9.17) is 4.74 Å². The van der Waals surface area contributed by atoms with Gasteiger partial charge < -0.3 is 14.7 Å². The fourth-order valence-corrected chi connectivity index (χ4v) is 1.69. The maximum atomic E-state index is 12.2. The maximum absolute atomic E-state index is 12.2. The summed E-state index contributed by atoms with van der Waals surface area (Å²) in [5.74, 6) is 0.0364. The van der Waals surface area contributed by atoms with E-state index in [2.05, 4.69) is 4.98 Å². The molecule has 1 aromatic heterocycles. The van der Waals surface area contributed by atoms with Gasteiger partial charge in [0.05, 0.1) is 6.61 Å². The minimum absolute atomic E-state index is 0.146. The smallest absolute Gasteiger partial charge is 0.410 e. The Morgan fingerprint density at radius 1 is 1.32 bits per heavy atom. The lowest BCUT2D eigenvalue weighted by Crippen LogP contribution is -2.42. The van der Waals surface area contributed by atoms with E-state index >= 15 is 0 Å². The predicted molar refractivity (Wildman–Crippen MR) is 82.4 cm³/mol. The highest BCUT2D eigenvalue weighted by Crippen LogP contribution is 2.16. The van der Waals surface area contributed by atoms with E-state index in [1.807, 2.05) is 0 Å². The molecule has 0 aliphatic carbocycles. The number of nitrogens with zero attached hydrogens (tertiary/aromatic N) is 3. The van der Waals surface area contributed by atoms with Crippen molar-refractivity contribution in [2.24, 2.45) is 0 Å². The molecule has 122 valence electrons. The number of aliphatic hydroxyl groups excluding tert-OH is 1. The summed E-state index contributed by atoms with van der Waals surface area (Å²) >= 11 is 0. The number of ether oxygens (including phenoxy) is 1. The van der Waals surface area contributed by atoms with Gasteiger partial charge in [-0.1, -0.05) is 6.07 Å². The molecule has 7 nitrogen and oxygen atoms in total. The van der Waals surface area contributed by atoms with Gasteiger partial charge in [-0.15, -0.1) is 0 Å². The Balaban J connectivity index is 2.74. The molecule has 1 aromatic rings. The molecule has 0 saturated carbocycles. The average molecular weight is 309 g/mol. The normalized spacial score (nSPS) is 11.0. The Bertz CT molecular complexity index is 540. The highest BCUT2D eigenvalue weighted by Gasteiger charge is 2.23. The lowest BCUT2D eigenvalue weighted by atomic mass is 10.2. The Morgan fingerprint density at radius 2 is 1.95 bits per heavy atom. The van der Waals surface area contributed by atoms with Gasteiger partial charge >= 0.3 is 6.09 Å². The molecular weight excluding hydrogens is 286 g/mol. The molecule has 0 bridgehead atoms. The lowest BCUT2D eigenvalue weighted by molar-refractivity contribution is -0.119. The van der Waals surface area contributed by atoms with Crippen LogP contribution in [-0.4, -0.2) is 53.2 Å². The fourth-order valence-electron chi connectivity index (χ4n) is 1.69. The molecular formula is C15H23N3O4. The van der Waals surface area contributed by atoms with Gasteiger partial charge in [-0.2, -0.15) is 0 Å². The molecule has 0 spiro atoms. The van der Waals surface area contributed by atoms with Gasteiger partial charge in [0.2, 0.25) is 5.91 Å². The zero-order chi connectivity index (χ0) is 16.9. The topological polar surface area (TPSA) is 83.0 Å². The van der Waals surface area contributed by atoms with Crippen LogP contribution in [0.5, 0.6) is 0 Å². The first kappa shape index (κ1) is 17.9. The first-order valence-corrected chi connectivity index (χ1v) is 6.91. The van der Waals surface area contributed by atoms with Crippen molar-refractivity contribution in [3.05, 3.63) is 23.9 Å². The van der Waals surface area contributed by atoms with Gasteiger partial charge in [-0.05, 0) is 26.8 Å². The standard InChI is InChI=1S/C15H23N3O4/c1-15(2,3)22-14(21)17(4)9-12(20)18(5)13-11(10-19)7-6-8-16-13/h6-8,19H,9-10H2,1-5H3. The third kappa shape index (κ3) is 5.00. The molecule has 0 radical (unpaired) electrons. The molecule has 1 heterocycles. The zero-order valence-electron chi connectivity index (χ0n) is 13.7. The number of aliphatic hydroxyl groups is 1. The van der Waals surface area contributed by atoms with E-state index in [0.717, 1.165) is 0 Å². The maximum Gasteiger partial charge on any atom is 0.410 e. The van der Waals surface area contributed by atoms with Crippen LogP contribution in [0.25, 0.3) is 0 Å². The van der Waals surface area contributed by atoms with Crippen LogP contribution in [0.4, 0.5) is 10.6 Å². The van der Waals surface area contributed by atoms with Gasteiger partial charge in [0, 0.05) is 25.9 Å². The van der Waals surface area contributed by atoms with Gasteiger partial charge in [0.15, 0.2) is 0 Å². The number of aromatic nitrogens is 1. The predicted octanol–water partition coefficient (Wildman–Crippen LogP) is 1.40. The first-order valence-electron chi connectivity index (χ1n) is 6.91. The number of anilines is 1. The molecule has 0 aromatic carbocycles. The van der Waals surface area contributed by atoms with Crippen LogP contribution < -0.4 is 4.90 Å². The molecule has 2 amide bonds. The van der Waals surface area contributed by atoms with E-state index in [1.165, 1.54) is 23.0 Å². The van der Waals surface area contributed by atoms with Crippen molar-refractivity contribution in [1.82, 2.24) is 9.88 Å². The van der Waals surface area contributed by atoms with Gasteiger partial charge in [-0.25, -0.2) is 9.78 Å². The summed E-state index contributed by atoms with van der Waals surface area (Å²) in [4.78, 5) is 30.7. The average Bonchev–Trinajstić information content (AvgIpc) is 2.44. The third-order valence-corrected chi connectivity index (χ3v) is 2.81. The summed E-state index contributed by atoms with van der Waals surface area (Å²) in [5, 5.41) is 9.28. The largest absolute Gasteiger partial charge is 0.444 e. The summed E-state index contributed by atoms with van der Waals surface area (Å²) in [5.41, 5.74) is -0.0796. The molecule has 0 fully saturated rings. The number of hydrogen-bond donors (Lipinski definition) is 1. The van der Waals surface area contributed by atoms with Crippen LogP contribution in [0.3, 0.4) is 0 Å². The quantitative estimate of drug-likeness (QED) is 0.909. The van der Waals surface area contributed by atoms with Gasteiger partial charge in [0.25, 0.3) is 0 Å². The molecule has 0 unspecified atom stereocenters. The molecule has 1 N–H and O–H groups in total. The van der Waals surface area contributed by atoms with Crippen LogP contribution in [0, 0.1) is 0 Å². The molecule has 0 aliphatic rings. The third-order valence-electron chi connectivity index (χ3n) is 2.81. The Hall–Kier alpha value is -2.15. The van der Waals surface area contributed by atoms with E-state index < -0.39 is 11.7 Å². The van der Waals surface area contributed by atoms with Crippen molar-refractivity contribution in [3.63, 3.8) is 0 Å². The van der Waals surface area contributed by atoms with Crippen molar-refractivity contribution in [2.45, 2.75) is 33.0 Å². The number of carbonyl (C=O) groups excluding carboxylic acids is 2. The molecule has 0 saturated heterocycles. The summed E-state index contributed by atoms with van der Waals surface area (Å²) in [7, 11) is 3.04. The summed E-state index contributed by atoms with van der Waals surface area (Å²) in [6.45, 7) is 4.91. The van der Waals surface area contributed by atoms with E-state index in [1.54, 1.807) is 40.0 Å². The highest BCUT2D eigenvalue weighted by atomic mass is 16.6. The number of likely N-dealkylation sites (N-methyl/N-ethyl adjacent to an activating group) is 2. The number of amides is 2. The van der Waals surface area contributed by atoms with E-state index in [-0.39, 0.29) is 19.1 Å². The fraction of sp³-hybridized carbons (Fsp3) is 0.533. The number of carbonyl (C=O) groups is 2. The molecule has 0 aliphatic heterocycles. The molecule has 7 heteroatoms. The Morgan fingerprint density at radius 3 is 2.50 bits per heavy atom. The van der Waals surface area contributed by atoms with Crippen LogP contribution in [0.1, 0.15) is 26.3 Å². The summed E-state index contributed by atoms with van der Waals surface area (Å²) in [6.07, 6.45) is 0.966. The molecule has 0 atom stereocenters. The Labute approximate surface area is 130 Å². The van der Waals surface area contributed by atoms with Crippen molar-refractivity contribution in [3.8, 4) is 0 Å². The second-order valence-electron chi connectivity index (χ2n) is 5.93. The van der Waals surface area contributed by atoms with E-state index in [9.17, 15) is 14.7 Å². The second kappa shape index (κ2) is 7.22. The number of rotatable bonds is 4. The molecule has 1 rings (SSSR count). The highest BCUT2D eigenvalue weighted by molar-refractivity contribution is 5.95. The second-order valence-corrected chi connectivity index (χ2v) is 5.93. The summed E-state index contributed by atoms with van der Waals surface area (Å²) < 4.78 is 5.19. The van der Waals surface area contributed by atoms with Crippen molar-refractivity contribution >= 4 is 17.8 Å².